The van der Waals surface area contributed by atoms with Crippen LogP contribution in [0.4, 0.5) is 0 Å². The Labute approximate surface area is 185 Å². The Morgan fingerprint density at radius 2 is 1.09 bits per heavy atom. The quantitative estimate of drug-likeness (QED) is 0.265. The topological polar surface area (TPSA) is 46.2 Å². The highest BCUT2D eigenvalue weighted by atomic mass is 16.2. The summed E-state index contributed by atoms with van der Waals surface area (Å²) in [5.41, 5.74) is 6.10. The van der Waals surface area contributed by atoms with Crippen LogP contribution >= 0.6 is 0 Å². The minimum Gasteiger partial charge on any atom is -0.288 e. The van der Waals surface area contributed by atoms with Gasteiger partial charge in [0.25, 0.3) is 11.8 Å². The molecule has 5 aromatic carbocycles. The molecule has 0 aliphatic carbocycles. The Kier molecular flexibility index (Phi) is 3.99. The molecule has 0 atom stereocenters. The summed E-state index contributed by atoms with van der Waals surface area (Å²) in [6.07, 6.45) is 0. The molecule has 0 radical (unpaired) electrons. The number of amides is 2. The van der Waals surface area contributed by atoms with Gasteiger partial charge in [0, 0.05) is 0 Å². The van der Waals surface area contributed by atoms with Gasteiger partial charge in [0.2, 0.25) is 0 Å². The Balaban J connectivity index is 1.92. The van der Waals surface area contributed by atoms with Gasteiger partial charge in [0.15, 0.2) is 0 Å². The van der Waals surface area contributed by atoms with Crippen molar-refractivity contribution in [3.63, 3.8) is 0 Å². The maximum Gasteiger partial charge on any atom is 0.259 e. The van der Waals surface area contributed by atoms with Gasteiger partial charge in [-0.15, -0.1) is 0 Å². The summed E-state index contributed by atoms with van der Waals surface area (Å²) < 4.78 is 0. The van der Waals surface area contributed by atoms with Crippen molar-refractivity contribution < 1.29 is 9.59 Å². The molecule has 0 unspecified atom stereocenters. The number of nitrogens with one attached hydrogen (secondary N) is 1. The molecule has 1 aliphatic heterocycles. The molecule has 3 nitrogen and oxygen atoms in total. The van der Waals surface area contributed by atoms with Crippen LogP contribution in [0, 0.1) is 6.92 Å². The molecule has 6 rings (SSSR count). The van der Waals surface area contributed by atoms with Gasteiger partial charge in [-0.05, 0) is 62.4 Å². The summed E-state index contributed by atoms with van der Waals surface area (Å²) in [7, 11) is 0. The van der Waals surface area contributed by atoms with Gasteiger partial charge in [-0.25, -0.2) is 0 Å². The van der Waals surface area contributed by atoms with Crippen molar-refractivity contribution in [2.24, 2.45) is 0 Å². The van der Waals surface area contributed by atoms with Crippen molar-refractivity contribution in [2.75, 3.05) is 0 Å². The van der Waals surface area contributed by atoms with E-state index in [0.29, 0.717) is 11.1 Å². The first-order chi connectivity index (χ1) is 15.6. The maximum absolute atomic E-state index is 12.7. The zero-order chi connectivity index (χ0) is 21.8. The van der Waals surface area contributed by atoms with Gasteiger partial charge in [-0.3, -0.25) is 14.9 Å². The number of carbonyl (C=O) groups excluding carboxylic acids is 2. The number of carbonyl (C=O) groups is 2. The van der Waals surface area contributed by atoms with E-state index in [1.807, 2.05) is 61.5 Å². The molecule has 3 heteroatoms. The molecule has 0 spiro atoms. The Hall–Kier alpha value is -4.24. The van der Waals surface area contributed by atoms with Gasteiger partial charge in [0.05, 0.1) is 11.1 Å². The Bertz CT molecular complexity index is 1570. The zero-order valence-electron chi connectivity index (χ0n) is 17.5. The lowest BCUT2D eigenvalue weighted by molar-refractivity contribution is 0.0879. The molecular weight excluding hydrogens is 394 g/mol. The molecule has 0 bridgehead atoms. The van der Waals surface area contributed by atoms with E-state index in [9.17, 15) is 9.59 Å². The van der Waals surface area contributed by atoms with Crippen LogP contribution in [-0.2, 0) is 0 Å². The molecule has 1 aliphatic rings. The SMILES string of the molecule is Cc1c2c(cc3c(-c4ccccc4)c4ccccc4c(-c4ccccc4)c13)C(=O)NC2=O. The molecule has 0 fully saturated rings. The van der Waals surface area contributed by atoms with Crippen LogP contribution in [0.25, 0.3) is 43.8 Å². The van der Waals surface area contributed by atoms with Crippen LogP contribution in [0.2, 0.25) is 0 Å². The van der Waals surface area contributed by atoms with E-state index in [1.54, 1.807) is 0 Å². The third-order valence-corrected chi connectivity index (χ3v) is 6.39. The summed E-state index contributed by atoms with van der Waals surface area (Å²) in [5.74, 6) is -0.652. The van der Waals surface area contributed by atoms with Crippen LogP contribution in [0.15, 0.2) is 91.0 Å². The number of rotatable bonds is 2. The van der Waals surface area contributed by atoms with E-state index in [1.165, 1.54) is 0 Å². The summed E-state index contributed by atoms with van der Waals surface area (Å²) >= 11 is 0. The molecule has 1 heterocycles. The third-order valence-electron chi connectivity index (χ3n) is 6.39. The van der Waals surface area contributed by atoms with Crippen LogP contribution in [-0.4, -0.2) is 11.8 Å². The number of aryl methyl sites for hydroxylation is 1. The average Bonchev–Trinajstić information content (AvgIpc) is 3.12. The molecule has 32 heavy (non-hydrogen) atoms. The molecule has 2 amide bonds. The fraction of sp³-hybridized carbons (Fsp3) is 0.0345. The maximum atomic E-state index is 12.7. The molecule has 1 N–H and O–H groups in total. The monoisotopic (exact) mass is 413 g/mol. The first-order valence-corrected chi connectivity index (χ1v) is 10.6. The summed E-state index contributed by atoms with van der Waals surface area (Å²) in [5, 5.41) is 6.72. The lowest BCUT2D eigenvalue weighted by atomic mass is 9.82. The van der Waals surface area contributed by atoms with Gasteiger partial charge < -0.3 is 0 Å². The predicted octanol–water partition coefficient (Wildman–Crippen LogP) is 6.52. The van der Waals surface area contributed by atoms with Gasteiger partial charge in [-0.2, -0.15) is 0 Å². The molecule has 0 saturated heterocycles. The van der Waals surface area contributed by atoms with Crippen LogP contribution in [0.5, 0.6) is 0 Å². The van der Waals surface area contributed by atoms with Gasteiger partial charge in [-0.1, -0.05) is 84.9 Å². The first-order valence-electron chi connectivity index (χ1n) is 10.6. The van der Waals surface area contributed by atoms with Crippen molar-refractivity contribution in [1.82, 2.24) is 5.32 Å². The number of imide groups is 1. The number of hydrogen-bond donors (Lipinski definition) is 1. The summed E-state index contributed by atoms with van der Waals surface area (Å²) in [4.78, 5) is 25.3. The number of fused-ring (bicyclic) bond motifs is 3. The largest absolute Gasteiger partial charge is 0.288 e. The van der Waals surface area contributed by atoms with Crippen molar-refractivity contribution in [1.29, 1.82) is 0 Å². The Morgan fingerprint density at radius 3 is 1.72 bits per heavy atom. The second-order valence-corrected chi connectivity index (χ2v) is 8.16. The fourth-order valence-corrected chi connectivity index (χ4v) is 5.06. The number of hydrogen-bond acceptors (Lipinski definition) is 2. The Morgan fingerprint density at radius 1 is 0.562 bits per heavy atom. The van der Waals surface area contributed by atoms with E-state index in [-0.39, 0.29) is 11.8 Å². The minimum atomic E-state index is -0.330. The normalized spacial score (nSPS) is 12.9. The van der Waals surface area contributed by atoms with E-state index in [2.05, 4.69) is 41.7 Å². The smallest absolute Gasteiger partial charge is 0.259 e. The van der Waals surface area contributed by atoms with Crippen molar-refractivity contribution in [3.8, 4) is 22.3 Å². The predicted molar refractivity (Wildman–Crippen MR) is 129 cm³/mol. The lowest BCUT2D eigenvalue weighted by Gasteiger charge is -2.20. The standard InChI is InChI=1S/C29H19NO2/c1-17-24-22(16-23-25(17)29(32)30-28(23)31)26(18-10-4-2-5-11-18)20-14-8-9-15-21(20)27(24)19-12-6-3-7-13-19/h2-16H,1H3,(H,30,31,32). The highest BCUT2D eigenvalue weighted by Gasteiger charge is 2.31. The second kappa shape index (κ2) is 6.89. The molecular formula is C29H19NO2. The van der Waals surface area contributed by atoms with Gasteiger partial charge >= 0.3 is 0 Å². The van der Waals surface area contributed by atoms with Crippen molar-refractivity contribution >= 4 is 33.4 Å². The van der Waals surface area contributed by atoms with E-state index < -0.39 is 0 Å². The molecule has 0 saturated carbocycles. The highest BCUT2D eigenvalue weighted by Crippen LogP contribution is 2.46. The second-order valence-electron chi connectivity index (χ2n) is 8.16. The van der Waals surface area contributed by atoms with E-state index in [0.717, 1.165) is 49.4 Å². The van der Waals surface area contributed by atoms with Crippen LogP contribution in [0.1, 0.15) is 26.3 Å². The van der Waals surface area contributed by atoms with E-state index in [4.69, 9.17) is 0 Å². The minimum absolute atomic E-state index is 0.321. The molecule has 152 valence electrons. The van der Waals surface area contributed by atoms with Gasteiger partial charge in [0.1, 0.15) is 0 Å². The number of benzene rings is 5. The molecule has 0 aromatic heterocycles. The fourth-order valence-electron chi connectivity index (χ4n) is 5.06. The van der Waals surface area contributed by atoms with Crippen LogP contribution in [0.3, 0.4) is 0 Å². The van der Waals surface area contributed by atoms with Crippen LogP contribution < -0.4 is 5.32 Å². The van der Waals surface area contributed by atoms with Crippen molar-refractivity contribution in [3.05, 3.63) is 108 Å². The highest BCUT2D eigenvalue weighted by molar-refractivity contribution is 6.29. The lowest BCUT2D eigenvalue weighted by Crippen LogP contribution is -2.20. The average molecular weight is 413 g/mol. The molecule has 5 aromatic rings. The zero-order valence-corrected chi connectivity index (χ0v) is 17.5. The first kappa shape index (κ1) is 18.5. The summed E-state index contributed by atoms with van der Waals surface area (Å²) in [6, 6.07) is 30.8. The third kappa shape index (κ3) is 2.55. The summed E-state index contributed by atoms with van der Waals surface area (Å²) in [6.45, 7) is 1.95. The van der Waals surface area contributed by atoms with E-state index >= 15 is 0 Å². The van der Waals surface area contributed by atoms with Crippen molar-refractivity contribution in [2.45, 2.75) is 6.92 Å².